The highest BCUT2D eigenvalue weighted by Crippen LogP contribution is 2.42. The first-order chi connectivity index (χ1) is 15.8. The summed E-state index contributed by atoms with van der Waals surface area (Å²) in [5.74, 6) is 1.87. The van der Waals surface area contributed by atoms with Crippen molar-refractivity contribution in [1.82, 2.24) is 0 Å². The van der Waals surface area contributed by atoms with E-state index in [1.807, 2.05) is 0 Å². The summed E-state index contributed by atoms with van der Waals surface area (Å²) in [6.07, 6.45) is 5.95. The van der Waals surface area contributed by atoms with Gasteiger partial charge in [-0.3, -0.25) is 4.79 Å². The normalized spacial score (nSPS) is 27.1. The molecule has 33 heavy (non-hydrogen) atoms. The van der Waals surface area contributed by atoms with Crippen LogP contribution in [-0.2, 0) is 4.79 Å². The molecule has 0 N–H and O–H groups in total. The molecule has 0 radical (unpaired) electrons. The molecular formula is C26H36F4O3. The summed E-state index contributed by atoms with van der Waals surface area (Å²) in [6.45, 7) is 2.25. The number of benzene rings is 1. The first-order valence-corrected chi connectivity index (χ1v) is 12.5. The lowest BCUT2D eigenvalue weighted by atomic mass is 9.68. The molecule has 3 nitrogen and oxygen atoms in total. The van der Waals surface area contributed by atoms with E-state index in [1.165, 1.54) is 63.5 Å². The van der Waals surface area contributed by atoms with Gasteiger partial charge in [0.1, 0.15) is 11.5 Å². The number of ether oxygens (including phenoxy) is 2. The number of hydrogen-bond donors (Lipinski definition) is 0. The van der Waals surface area contributed by atoms with E-state index in [4.69, 9.17) is 4.74 Å². The van der Waals surface area contributed by atoms with Gasteiger partial charge in [0.15, 0.2) is 0 Å². The van der Waals surface area contributed by atoms with Crippen LogP contribution in [0.2, 0.25) is 0 Å². The predicted molar refractivity (Wildman–Crippen MR) is 119 cm³/mol. The van der Waals surface area contributed by atoms with E-state index in [-0.39, 0.29) is 23.4 Å². The van der Waals surface area contributed by atoms with Crippen molar-refractivity contribution in [3.8, 4) is 11.5 Å². The molecule has 186 valence electrons. The fourth-order valence-corrected chi connectivity index (χ4v) is 5.43. The van der Waals surface area contributed by atoms with Crippen molar-refractivity contribution < 1.29 is 31.8 Å². The van der Waals surface area contributed by atoms with Crippen molar-refractivity contribution >= 4 is 5.97 Å². The zero-order valence-corrected chi connectivity index (χ0v) is 19.4. The maximum absolute atomic E-state index is 13.0. The van der Waals surface area contributed by atoms with E-state index >= 15 is 0 Å². The molecule has 2 fully saturated rings. The standard InChI is InChI=1S/C26H36F4O3/c1-2-3-4-5-18-6-8-19(9-7-18)20-10-12-21(13-11-20)24(31)32-22-14-16-23(17-15-22)33-25(27)26(28,29)30/h14-21,25H,2-13H2,1H3. The van der Waals surface area contributed by atoms with E-state index in [0.717, 1.165) is 49.7 Å². The molecule has 2 aliphatic carbocycles. The van der Waals surface area contributed by atoms with E-state index in [9.17, 15) is 22.4 Å². The zero-order valence-electron chi connectivity index (χ0n) is 19.4. The predicted octanol–water partition coefficient (Wildman–Crippen LogP) is 8.02. The number of rotatable bonds is 9. The molecule has 1 aromatic rings. The third-order valence-corrected chi connectivity index (χ3v) is 7.42. The molecule has 1 atom stereocenters. The van der Waals surface area contributed by atoms with Gasteiger partial charge in [-0.1, -0.05) is 45.4 Å². The maximum Gasteiger partial charge on any atom is 0.457 e. The molecule has 0 heterocycles. The minimum absolute atomic E-state index is 0.150. The maximum atomic E-state index is 13.0. The molecule has 1 unspecified atom stereocenters. The van der Waals surface area contributed by atoms with Gasteiger partial charge in [-0.05, 0) is 80.5 Å². The topological polar surface area (TPSA) is 35.5 Å². The van der Waals surface area contributed by atoms with Gasteiger partial charge in [0.2, 0.25) is 0 Å². The monoisotopic (exact) mass is 472 g/mol. The molecule has 1 aromatic carbocycles. The lowest BCUT2D eigenvalue weighted by molar-refractivity contribution is -0.236. The minimum Gasteiger partial charge on any atom is -0.452 e. The van der Waals surface area contributed by atoms with Crippen LogP contribution >= 0.6 is 0 Å². The molecule has 0 spiro atoms. The SMILES string of the molecule is CCCCCC1CCC(C2CCC(C(=O)Oc3ccc(OC(F)C(F)(F)F)cc3)CC2)CC1. The van der Waals surface area contributed by atoms with Crippen LogP contribution in [0.1, 0.15) is 84.0 Å². The van der Waals surface area contributed by atoms with E-state index in [2.05, 4.69) is 11.7 Å². The molecule has 7 heteroatoms. The van der Waals surface area contributed by atoms with Crippen molar-refractivity contribution in [3.05, 3.63) is 24.3 Å². The first-order valence-electron chi connectivity index (χ1n) is 12.5. The number of alkyl halides is 4. The van der Waals surface area contributed by atoms with Crippen molar-refractivity contribution in [2.24, 2.45) is 23.7 Å². The van der Waals surface area contributed by atoms with E-state index in [1.54, 1.807) is 0 Å². The summed E-state index contributed by atoms with van der Waals surface area (Å²) in [4.78, 5) is 12.6. The van der Waals surface area contributed by atoms with Gasteiger partial charge >= 0.3 is 18.5 Å². The number of carbonyl (C=O) groups excluding carboxylic acids is 1. The lowest BCUT2D eigenvalue weighted by Gasteiger charge is -2.37. The van der Waals surface area contributed by atoms with Crippen LogP contribution in [0.5, 0.6) is 11.5 Å². The highest BCUT2D eigenvalue weighted by atomic mass is 19.4. The Labute approximate surface area is 194 Å². The molecule has 0 aromatic heterocycles. The van der Waals surface area contributed by atoms with Gasteiger partial charge in [-0.2, -0.15) is 17.6 Å². The Morgan fingerprint density at radius 3 is 2.00 bits per heavy atom. The molecule has 0 saturated heterocycles. The fraction of sp³-hybridized carbons (Fsp3) is 0.731. The van der Waals surface area contributed by atoms with Crippen LogP contribution in [0.3, 0.4) is 0 Å². The highest BCUT2D eigenvalue weighted by molar-refractivity contribution is 5.75. The Bertz CT molecular complexity index is 718. The number of hydrogen-bond acceptors (Lipinski definition) is 3. The quantitative estimate of drug-likeness (QED) is 0.158. The van der Waals surface area contributed by atoms with Crippen LogP contribution in [0.4, 0.5) is 17.6 Å². The Hall–Kier alpha value is -1.79. The smallest absolute Gasteiger partial charge is 0.452 e. The third-order valence-electron chi connectivity index (χ3n) is 7.42. The molecule has 0 amide bonds. The molecular weight excluding hydrogens is 436 g/mol. The van der Waals surface area contributed by atoms with Crippen LogP contribution in [0, 0.1) is 23.7 Å². The second kappa shape index (κ2) is 12.1. The summed E-state index contributed by atoms with van der Waals surface area (Å²) < 4.78 is 59.3. The van der Waals surface area contributed by atoms with Crippen LogP contribution in [-0.4, -0.2) is 18.5 Å². The molecule has 0 bridgehead atoms. The second-order valence-corrected chi connectivity index (χ2v) is 9.76. The largest absolute Gasteiger partial charge is 0.457 e. The molecule has 2 aliphatic rings. The van der Waals surface area contributed by atoms with Gasteiger partial charge in [0.25, 0.3) is 0 Å². The van der Waals surface area contributed by atoms with Gasteiger partial charge < -0.3 is 9.47 Å². The summed E-state index contributed by atoms with van der Waals surface area (Å²) >= 11 is 0. The second-order valence-electron chi connectivity index (χ2n) is 9.76. The van der Waals surface area contributed by atoms with Crippen molar-refractivity contribution in [2.75, 3.05) is 0 Å². The summed E-state index contributed by atoms with van der Waals surface area (Å²) in [7, 11) is 0. The van der Waals surface area contributed by atoms with Crippen molar-refractivity contribution in [1.29, 1.82) is 0 Å². The van der Waals surface area contributed by atoms with Crippen molar-refractivity contribution in [3.63, 3.8) is 0 Å². The highest BCUT2D eigenvalue weighted by Gasteiger charge is 2.42. The average molecular weight is 473 g/mol. The van der Waals surface area contributed by atoms with Crippen LogP contribution in [0.15, 0.2) is 24.3 Å². The Morgan fingerprint density at radius 1 is 0.909 bits per heavy atom. The Balaban J connectivity index is 1.38. The Kier molecular flexibility index (Phi) is 9.45. The fourth-order valence-electron chi connectivity index (χ4n) is 5.43. The number of halogens is 4. The van der Waals surface area contributed by atoms with Crippen LogP contribution < -0.4 is 9.47 Å². The van der Waals surface area contributed by atoms with E-state index < -0.39 is 12.5 Å². The van der Waals surface area contributed by atoms with Gasteiger partial charge in [0.05, 0.1) is 5.92 Å². The molecule has 2 saturated carbocycles. The molecule has 3 rings (SSSR count). The number of esters is 1. The molecule has 0 aliphatic heterocycles. The van der Waals surface area contributed by atoms with Gasteiger partial charge in [-0.15, -0.1) is 0 Å². The number of carbonyl (C=O) groups is 1. The zero-order chi connectivity index (χ0) is 23.8. The van der Waals surface area contributed by atoms with Crippen molar-refractivity contribution in [2.45, 2.75) is 96.5 Å². The minimum atomic E-state index is -5.09. The third kappa shape index (κ3) is 7.89. The van der Waals surface area contributed by atoms with Crippen LogP contribution in [0.25, 0.3) is 0 Å². The first kappa shape index (κ1) is 25.8. The summed E-state index contributed by atoms with van der Waals surface area (Å²) in [6, 6.07) is 4.97. The average Bonchev–Trinajstić information content (AvgIpc) is 2.80. The Morgan fingerprint density at radius 2 is 1.45 bits per heavy atom. The summed E-state index contributed by atoms with van der Waals surface area (Å²) in [5, 5.41) is 0. The number of unbranched alkanes of at least 4 members (excludes halogenated alkanes) is 2. The van der Waals surface area contributed by atoms with Gasteiger partial charge in [-0.25, -0.2) is 0 Å². The van der Waals surface area contributed by atoms with E-state index in [0.29, 0.717) is 5.92 Å². The summed E-state index contributed by atoms with van der Waals surface area (Å²) in [5.41, 5.74) is 0. The lowest BCUT2D eigenvalue weighted by Crippen LogP contribution is -2.30. The van der Waals surface area contributed by atoms with Gasteiger partial charge in [0, 0.05) is 0 Å².